The Kier molecular flexibility index (Phi) is 3.53. The Balaban J connectivity index is 1.97. The molecule has 1 saturated heterocycles. The van der Waals surface area contributed by atoms with Gasteiger partial charge in [0.1, 0.15) is 0 Å². The summed E-state index contributed by atoms with van der Waals surface area (Å²) in [6.07, 6.45) is 6.85. The van der Waals surface area contributed by atoms with Gasteiger partial charge in [0.2, 0.25) is 5.91 Å². The molecule has 92 valence electrons. The van der Waals surface area contributed by atoms with Crippen LogP contribution >= 0.6 is 0 Å². The fourth-order valence-corrected chi connectivity index (χ4v) is 2.87. The number of nitrogens with zero attached hydrogens (tertiary/aromatic N) is 1. The molecular formula is C13H24N2O. The van der Waals surface area contributed by atoms with Crippen LogP contribution in [0.1, 0.15) is 45.4 Å². The minimum Gasteiger partial charge on any atom is -0.344 e. The predicted molar refractivity (Wildman–Crippen MR) is 65.2 cm³/mol. The van der Waals surface area contributed by atoms with Gasteiger partial charge in [0.15, 0.2) is 0 Å². The Morgan fingerprint density at radius 1 is 1.50 bits per heavy atom. The third-order valence-electron chi connectivity index (χ3n) is 3.91. The molecule has 1 atom stereocenters. The summed E-state index contributed by atoms with van der Waals surface area (Å²) in [7, 11) is 1.97. The zero-order valence-corrected chi connectivity index (χ0v) is 10.6. The third kappa shape index (κ3) is 2.40. The first-order chi connectivity index (χ1) is 7.68. The number of carbonyl (C=O) groups is 1. The minimum absolute atomic E-state index is 0.224. The number of hydrogen-bond donors (Lipinski definition) is 1. The summed E-state index contributed by atoms with van der Waals surface area (Å²) in [4.78, 5) is 14.4. The van der Waals surface area contributed by atoms with Crippen LogP contribution in [0.25, 0.3) is 0 Å². The maximum atomic E-state index is 12.5. The number of likely N-dealkylation sites (N-methyl/N-ethyl adjacent to an activating group) is 1. The Bertz CT molecular complexity index is 255. The summed E-state index contributed by atoms with van der Waals surface area (Å²) in [5, 5.41) is 3.45. The van der Waals surface area contributed by atoms with Gasteiger partial charge in [0, 0.05) is 13.6 Å². The SMILES string of the molecule is CCCC1(C(=O)N(C)CC2CC2)CCCN1. The molecule has 2 aliphatic rings. The second kappa shape index (κ2) is 4.74. The van der Waals surface area contributed by atoms with Gasteiger partial charge >= 0.3 is 0 Å². The van der Waals surface area contributed by atoms with Crippen LogP contribution in [0.5, 0.6) is 0 Å². The third-order valence-corrected chi connectivity index (χ3v) is 3.91. The molecule has 0 radical (unpaired) electrons. The number of hydrogen-bond acceptors (Lipinski definition) is 2. The number of carbonyl (C=O) groups excluding carboxylic acids is 1. The molecule has 2 rings (SSSR count). The zero-order valence-electron chi connectivity index (χ0n) is 10.6. The summed E-state index contributed by atoms with van der Waals surface area (Å²) in [5.74, 6) is 1.12. The van der Waals surface area contributed by atoms with Crippen molar-refractivity contribution in [2.24, 2.45) is 5.92 Å². The molecule has 1 heterocycles. The van der Waals surface area contributed by atoms with E-state index in [1.54, 1.807) is 0 Å². The molecule has 1 unspecified atom stereocenters. The van der Waals surface area contributed by atoms with Gasteiger partial charge in [-0.05, 0) is 44.6 Å². The molecular weight excluding hydrogens is 200 g/mol. The number of nitrogens with one attached hydrogen (secondary N) is 1. The van der Waals surface area contributed by atoms with Crippen molar-refractivity contribution in [1.82, 2.24) is 10.2 Å². The molecule has 1 aliphatic heterocycles. The van der Waals surface area contributed by atoms with E-state index in [0.717, 1.165) is 44.7 Å². The smallest absolute Gasteiger partial charge is 0.242 e. The lowest BCUT2D eigenvalue weighted by Gasteiger charge is -2.32. The fraction of sp³-hybridized carbons (Fsp3) is 0.923. The molecule has 1 N–H and O–H groups in total. The van der Waals surface area contributed by atoms with Crippen LogP contribution in [0.15, 0.2) is 0 Å². The highest BCUT2D eigenvalue weighted by molar-refractivity contribution is 5.86. The van der Waals surface area contributed by atoms with Gasteiger partial charge < -0.3 is 10.2 Å². The quantitative estimate of drug-likeness (QED) is 0.772. The van der Waals surface area contributed by atoms with Gasteiger partial charge in [-0.15, -0.1) is 0 Å². The van der Waals surface area contributed by atoms with E-state index in [2.05, 4.69) is 12.2 Å². The van der Waals surface area contributed by atoms with E-state index in [9.17, 15) is 4.79 Å². The molecule has 1 aliphatic carbocycles. The second-order valence-electron chi connectivity index (χ2n) is 5.49. The summed E-state index contributed by atoms with van der Waals surface area (Å²) < 4.78 is 0. The second-order valence-corrected chi connectivity index (χ2v) is 5.49. The summed E-state index contributed by atoms with van der Waals surface area (Å²) in [6, 6.07) is 0. The van der Waals surface area contributed by atoms with Crippen LogP contribution < -0.4 is 5.32 Å². The monoisotopic (exact) mass is 224 g/mol. The highest BCUT2D eigenvalue weighted by Gasteiger charge is 2.42. The van der Waals surface area contributed by atoms with Crippen LogP contribution in [0.3, 0.4) is 0 Å². The lowest BCUT2D eigenvalue weighted by molar-refractivity contribution is -0.137. The van der Waals surface area contributed by atoms with Crippen LogP contribution in [0.4, 0.5) is 0 Å². The molecule has 0 aromatic rings. The predicted octanol–water partition coefficient (Wildman–Crippen LogP) is 1.78. The first kappa shape index (κ1) is 11.9. The van der Waals surface area contributed by atoms with Crippen molar-refractivity contribution in [3.63, 3.8) is 0 Å². The molecule has 0 aromatic heterocycles. The highest BCUT2D eigenvalue weighted by Crippen LogP contribution is 2.32. The van der Waals surface area contributed by atoms with E-state index in [-0.39, 0.29) is 5.54 Å². The van der Waals surface area contributed by atoms with E-state index in [0.29, 0.717) is 5.91 Å². The van der Waals surface area contributed by atoms with Crippen molar-refractivity contribution in [3.05, 3.63) is 0 Å². The van der Waals surface area contributed by atoms with Gasteiger partial charge in [-0.1, -0.05) is 13.3 Å². The van der Waals surface area contributed by atoms with Gasteiger partial charge in [0.05, 0.1) is 5.54 Å². The molecule has 3 nitrogen and oxygen atoms in total. The Hall–Kier alpha value is -0.570. The van der Waals surface area contributed by atoms with E-state index in [1.807, 2.05) is 11.9 Å². The van der Waals surface area contributed by atoms with Crippen molar-refractivity contribution in [2.45, 2.75) is 51.0 Å². The largest absolute Gasteiger partial charge is 0.344 e. The maximum Gasteiger partial charge on any atom is 0.242 e. The molecule has 1 saturated carbocycles. The van der Waals surface area contributed by atoms with E-state index in [4.69, 9.17) is 0 Å². The number of rotatable bonds is 5. The van der Waals surface area contributed by atoms with Crippen LogP contribution in [-0.2, 0) is 4.79 Å². The summed E-state index contributed by atoms with van der Waals surface area (Å²) in [6.45, 7) is 4.13. The van der Waals surface area contributed by atoms with Crippen LogP contribution in [-0.4, -0.2) is 36.5 Å². The molecule has 0 spiro atoms. The molecule has 1 amide bonds. The van der Waals surface area contributed by atoms with E-state index in [1.165, 1.54) is 12.8 Å². The molecule has 3 heteroatoms. The molecule has 0 bridgehead atoms. The number of amides is 1. The topological polar surface area (TPSA) is 32.3 Å². The lowest BCUT2D eigenvalue weighted by Crippen LogP contribution is -2.54. The lowest BCUT2D eigenvalue weighted by atomic mass is 9.90. The zero-order chi connectivity index (χ0) is 11.6. The normalized spacial score (nSPS) is 29.4. The van der Waals surface area contributed by atoms with Crippen molar-refractivity contribution in [1.29, 1.82) is 0 Å². The van der Waals surface area contributed by atoms with Crippen molar-refractivity contribution in [3.8, 4) is 0 Å². The van der Waals surface area contributed by atoms with Gasteiger partial charge in [-0.25, -0.2) is 0 Å². The summed E-state index contributed by atoms with van der Waals surface area (Å²) in [5.41, 5.74) is -0.224. The van der Waals surface area contributed by atoms with Crippen LogP contribution in [0, 0.1) is 5.92 Å². The van der Waals surface area contributed by atoms with Gasteiger partial charge in [-0.3, -0.25) is 4.79 Å². The van der Waals surface area contributed by atoms with Gasteiger partial charge in [0.25, 0.3) is 0 Å². The summed E-state index contributed by atoms with van der Waals surface area (Å²) >= 11 is 0. The van der Waals surface area contributed by atoms with Crippen LogP contribution in [0.2, 0.25) is 0 Å². The molecule has 16 heavy (non-hydrogen) atoms. The molecule has 2 fully saturated rings. The first-order valence-electron chi connectivity index (χ1n) is 6.68. The van der Waals surface area contributed by atoms with E-state index >= 15 is 0 Å². The molecule has 0 aromatic carbocycles. The Morgan fingerprint density at radius 3 is 2.75 bits per heavy atom. The van der Waals surface area contributed by atoms with Crippen molar-refractivity contribution >= 4 is 5.91 Å². The van der Waals surface area contributed by atoms with Gasteiger partial charge in [-0.2, -0.15) is 0 Å². The average Bonchev–Trinajstić information content (AvgIpc) is 2.95. The maximum absolute atomic E-state index is 12.5. The van der Waals surface area contributed by atoms with E-state index < -0.39 is 0 Å². The first-order valence-corrected chi connectivity index (χ1v) is 6.68. The van der Waals surface area contributed by atoms with Crippen molar-refractivity contribution < 1.29 is 4.79 Å². The Morgan fingerprint density at radius 2 is 2.25 bits per heavy atom. The minimum atomic E-state index is -0.224. The standard InChI is InChI=1S/C13H24N2O/c1-3-7-13(8-4-9-14-13)12(16)15(2)10-11-5-6-11/h11,14H,3-10H2,1-2H3. The average molecular weight is 224 g/mol. The van der Waals surface area contributed by atoms with Crippen molar-refractivity contribution in [2.75, 3.05) is 20.1 Å². The highest BCUT2D eigenvalue weighted by atomic mass is 16.2. The Labute approximate surface area is 98.6 Å². The fourth-order valence-electron chi connectivity index (χ4n) is 2.87.